The predicted octanol–water partition coefficient (Wildman–Crippen LogP) is 1.93. The Morgan fingerprint density at radius 1 is 1.44 bits per heavy atom. The van der Waals surface area contributed by atoms with Gasteiger partial charge in [-0.15, -0.1) is 0 Å². The van der Waals surface area contributed by atoms with Crippen molar-refractivity contribution in [2.45, 2.75) is 39.2 Å². The number of carbonyl (C=O) groups is 2. The van der Waals surface area contributed by atoms with Gasteiger partial charge in [0, 0.05) is 18.3 Å². The van der Waals surface area contributed by atoms with Crippen LogP contribution >= 0.6 is 11.8 Å². The lowest BCUT2D eigenvalue weighted by molar-refractivity contribution is -0.144. The third-order valence-electron chi connectivity index (χ3n) is 3.32. The maximum atomic E-state index is 12.0. The number of methoxy groups -OCH3 is 1. The summed E-state index contributed by atoms with van der Waals surface area (Å²) in [5, 5.41) is 0. The summed E-state index contributed by atoms with van der Waals surface area (Å²) in [6.45, 7) is 4.82. The molecule has 104 valence electrons. The summed E-state index contributed by atoms with van der Waals surface area (Å²) in [6, 6.07) is 0.366. The first-order valence-electron chi connectivity index (χ1n) is 6.51. The van der Waals surface area contributed by atoms with Crippen LogP contribution in [0.3, 0.4) is 0 Å². The normalized spacial score (nSPS) is 21.5. The number of hydrogen-bond donors (Lipinski definition) is 0. The number of carbonyl (C=O) groups excluding carboxylic acids is 2. The van der Waals surface area contributed by atoms with E-state index in [4.69, 9.17) is 0 Å². The maximum absolute atomic E-state index is 12.0. The summed E-state index contributed by atoms with van der Waals surface area (Å²) in [7, 11) is 1.39. The lowest BCUT2D eigenvalue weighted by Gasteiger charge is -2.33. The van der Waals surface area contributed by atoms with E-state index in [2.05, 4.69) is 11.7 Å². The van der Waals surface area contributed by atoms with Crippen LogP contribution in [0.25, 0.3) is 0 Å². The highest BCUT2D eigenvalue weighted by molar-refractivity contribution is 7.99. The Kier molecular flexibility index (Phi) is 6.54. The van der Waals surface area contributed by atoms with Gasteiger partial charge in [0.05, 0.1) is 18.8 Å². The van der Waals surface area contributed by atoms with Gasteiger partial charge in [-0.3, -0.25) is 9.59 Å². The van der Waals surface area contributed by atoms with Crippen LogP contribution in [0.1, 0.15) is 33.1 Å². The van der Waals surface area contributed by atoms with Crippen LogP contribution in [-0.4, -0.2) is 48.0 Å². The molecule has 0 aliphatic carbocycles. The van der Waals surface area contributed by atoms with E-state index in [0.29, 0.717) is 17.5 Å². The van der Waals surface area contributed by atoms with Crippen molar-refractivity contribution in [2.24, 2.45) is 5.92 Å². The fourth-order valence-corrected chi connectivity index (χ4v) is 3.09. The molecule has 0 bridgehead atoms. The number of rotatable bonds is 5. The summed E-state index contributed by atoms with van der Waals surface area (Å²) in [6.07, 6.45) is 3.44. The summed E-state index contributed by atoms with van der Waals surface area (Å²) in [4.78, 5) is 25.2. The molecule has 0 radical (unpaired) electrons. The number of esters is 1. The van der Waals surface area contributed by atoms with E-state index in [0.717, 1.165) is 19.4 Å². The largest absolute Gasteiger partial charge is 0.469 e. The van der Waals surface area contributed by atoms with Crippen LogP contribution in [0, 0.1) is 5.92 Å². The zero-order chi connectivity index (χ0) is 13.5. The van der Waals surface area contributed by atoms with Gasteiger partial charge in [0.25, 0.3) is 0 Å². The van der Waals surface area contributed by atoms with Gasteiger partial charge < -0.3 is 9.64 Å². The average Bonchev–Trinajstić information content (AvgIpc) is 2.37. The Morgan fingerprint density at radius 3 is 2.78 bits per heavy atom. The molecule has 4 nitrogen and oxygen atoms in total. The standard InChI is InChI=1S/C13H23NO3S/c1-10(13(16)17-3)8-18-9-12(15)14-7-5-4-6-11(14)2/h10-11H,4-9H2,1-3H3. The van der Waals surface area contributed by atoms with Crippen molar-refractivity contribution in [3.05, 3.63) is 0 Å². The molecule has 1 fully saturated rings. The SMILES string of the molecule is COC(=O)C(C)CSCC(=O)N1CCCCC1C. The van der Waals surface area contributed by atoms with E-state index in [-0.39, 0.29) is 17.8 Å². The molecule has 2 unspecified atom stereocenters. The number of nitrogens with zero attached hydrogens (tertiary/aromatic N) is 1. The lowest BCUT2D eigenvalue weighted by atomic mass is 10.0. The molecule has 5 heteroatoms. The van der Waals surface area contributed by atoms with E-state index in [1.165, 1.54) is 25.3 Å². The second-order valence-corrected chi connectivity index (χ2v) is 5.90. The van der Waals surface area contributed by atoms with Crippen molar-refractivity contribution in [1.29, 1.82) is 0 Å². The zero-order valence-corrected chi connectivity index (χ0v) is 12.3. The highest BCUT2D eigenvalue weighted by Gasteiger charge is 2.23. The third-order valence-corrected chi connectivity index (χ3v) is 4.51. The number of ether oxygens (including phenoxy) is 1. The average molecular weight is 273 g/mol. The lowest BCUT2D eigenvalue weighted by Crippen LogP contribution is -2.43. The minimum Gasteiger partial charge on any atom is -0.469 e. The fourth-order valence-electron chi connectivity index (χ4n) is 2.14. The molecule has 0 saturated carbocycles. The second kappa shape index (κ2) is 7.67. The summed E-state index contributed by atoms with van der Waals surface area (Å²) < 4.78 is 4.66. The molecule has 1 aliphatic rings. The fraction of sp³-hybridized carbons (Fsp3) is 0.846. The molecule has 0 aromatic heterocycles. The smallest absolute Gasteiger partial charge is 0.309 e. The monoisotopic (exact) mass is 273 g/mol. The van der Waals surface area contributed by atoms with Gasteiger partial charge in [0.1, 0.15) is 0 Å². The molecule has 1 rings (SSSR count). The molecule has 1 saturated heterocycles. The maximum Gasteiger partial charge on any atom is 0.309 e. The second-order valence-electron chi connectivity index (χ2n) is 4.87. The van der Waals surface area contributed by atoms with E-state index in [9.17, 15) is 9.59 Å². The van der Waals surface area contributed by atoms with Crippen molar-refractivity contribution in [2.75, 3.05) is 25.2 Å². The van der Waals surface area contributed by atoms with Gasteiger partial charge in [0.2, 0.25) is 5.91 Å². The first kappa shape index (κ1) is 15.3. The Bertz CT molecular complexity index is 296. The van der Waals surface area contributed by atoms with Gasteiger partial charge in [-0.05, 0) is 26.2 Å². The third kappa shape index (κ3) is 4.52. The van der Waals surface area contributed by atoms with E-state index < -0.39 is 0 Å². The molecule has 0 spiro atoms. The zero-order valence-electron chi connectivity index (χ0n) is 11.5. The van der Waals surface area contributed by atoms with Gasteiger partial charge >= 0.3 is 5.97 Å². The van der Waals surface area contributed by atoms with E-state index >= 15 is 0 Å². The summed E-state index contributed by atoms with van der Waals surface area (Å²) in [5.74, 6) is 0.948. The number of thioether (sulfide) groups is 1. The van der Waals surface area contributed by atoms with Crippen LogP contribution in [0.4, 0.5) is 0 Å². The summed E-state index contributed by atoms with van der Waals surface area (Å²) in [5.41, 5.74) is 0. The number of piperidine rings is 1. The van der Waals surface area contributed by atoms with Crippen LogP contribution in [0.2, 0.25) is 0 Å². The van der Waals surface area contributed by atoms with Crippen LogP contribution < -0.4 is 0 Å². The molecule has 2 atom stereocenters. The Balaban J connectivity index is 2.26. The quantitative estimate of drug-likeness (QED) is 0.718. The summed E-state index contributed by atoms with van der Waals surface area (Å²) >= 11 is 1.52. The Labute approximate surface area is 113 Å². The first-order valence-corrected chi connectivity index (χ1v) is 7.66. The van der Waals surface area contributed by atoms with Crippen molar-refractivity contribution < 1.29 is 14.3 Å². The van der Waals surface area contributed by atoms with Crippen LogP contribution in [0.15, 0.2) is 0 Å². The van der Waals surface area contributed by atoms with Crippen molar-refractivity contribution in [3.8, 4) is 0 Å². The van der Waals surface area contributed by atoms with Crippen LogP contribution in [0.5, 0.6) is 0 Å². The Hall–Kier alpha value is -0.710. The van der Waals surface area contributed by atoms with Crippen molar-refractivity contribution in [3.63, 3.8) is 0 Å². The minimum atomic E-state index is -0.207. The van der Waals surface area contributed by atoms with E-state index in [1.807, 2.05) is 11.8 Å². The molecule has 18 heavy (non-hydrogen) atoms. The first-order chi connectivity index (χ1) is 8.56. The molecule has 0 N–H and O–H groups in total. The molecular weight excluding hydrogens is 250 g/mol. The number of hydrogen-bond acceptors (Lipinski definition) is 4. The highest BCUT2D eigenvalue weighted by Crippen LogP contribution is 2.18. The Morgan fingerprint density at radius 2 is 2.17 bits per heavy atom. The molecule has 1 heterocycles. The number of amides is 1. The predicted molar refractivity (Wildman–Crippen MR) is 73.5 cm³/mol. The topological polar surface area (TPSA) is 46.6 Å². The highest BCUT2D eigenvalue weighted by atomic mass is 32.2. The number of likely N-dealkylation sites (tertiary alicyclic amines) is 1. The van der Waals surface area contributed by atoms with Gasteiger partial charge in [-0.25, -0.2) is 0 Å². The van der Waals surface area contributed by atoms with Gasteiger partial charge in [-0.2, -0.15) is 11.8 Å². The van der Waals surface area contributed by atoms with Gasteiger partial charge in [0.15, 0.2) is 0 Å². The van der Waals surface area contributed by atoms with Crippen molar-refractivity contribution in [1.82, 2.24) is 4.90 Å². The van der Waals surface area contributed by atoms with Crippen LogP contribution in [-0.2, 0) is 14.3 Å². The molecule has 1 amide bonds. The molecular formula is C13H23NO3S. The van der Waals surface area contributed by atoms with Gasteiger partial charge in [-0.1, -0.05) is 6.92 Å². The molecule has 1 aliphatic heterocycles. The molecule has 0 aromatic carbocycles. The minimum absolute atomic E-state index is 0.147. The van der Waals surface area contributed by atoms with Crippen molar-refractivity contribution >= 4 is 23.6 Å². The molecule has 0 aromatic rings. The van der Waals surface area contributed by atoms with E-state index in [1.54, 1.807) is 0 Å².